The van der Waals surface area contributed by atoms with Crippen molar-refractivity contribution in [2.75, 3.05) is 0 Å². The quantitative estimate of drug-likeness (QED) is 0.869. The van der Waals surface area contributed by atoms with Crippen LogP contribution in [-0.2, 0) is 6.42 Å². The van der Waals surface area contributed by atoms with Gasteiger partial charge in [-0.2, -0.15) is 4.98 Å². The van der Waals surface area contributed by atoms with E-state index < -0.39 is 0 Å². The van der Waals surface area contributed by atoms with Crippen LogP contribution in [0.5, 0.6) is 0 Å². The van der Waals surface area contributed by atoms with E-state index in [2.05, 4.69) is 31.4 Å². The number of nitrogens with one attached hydrogen (secondary N) is 1. The Labute approximate surface area is 144 Å². The highest BCUT2D eigenvalue weighted by Crippen LogP contribution is 2.32. The fraction of sp³-hybridized carbons (Fsp3) is 0.500. The van der Waals surface area contributed by atoms with Gasteiger partial charge in [-0.3, -0.25) is 0 Å². The van der Waals surface area contributed by atoms with Crippen LogP contribution in [0.2, 0.25) is 0 Å². The van der Waals surface area contributed by atoms with Crippen LogP contribution in [0, 0.1) is 5.92 Å². The van der Waals surface area contributed by atoms with E-state index in [-0.39, 0.29) is 12.4 Å². The Kier molecular flexibility index (Phi) is 4.85. The maximum atomic E-state index is 5.46. The molecule has 118 valence electrons. The molecule has 4 rings (SSSR count). The summed E-state index contributed by atoms with van der Waals surface area (Å²) in [6.45, 7) is 0. The van der Waals surface area contributed by atoms with Gasteiger partial charge in [0.2, 0.25) is 11.7 Å². The second kappa shape index (κ2) is 6.69. The van der Waals surface area contributed by atoms with E-state index in [0.717, 1.165) is 22.3 Å². The molecule has 4 nitrogen and oxygen atoms in total. The van der Waals surface area contributed by atoms with Gasteiger partial charge in [-0.05, 0) is 43.7 Å². The average molecular weight is 385 g/mol. The van der Waals surface area contributed by atoms with Crippen molar-refractivity contribution < 1.29 is 4.52 Å². The molecular weight excluding hydrogens is 366 g/mol. The molecule has 6 heteroatoms. The number of hydrogen-bond donors (Lipinski definition) is 1. The second-order valence-corrected chi connectivity index (χ2v) is 7.12. The summed E-state index contributed by atoms with van der Waals surface area (Å²) >= 11 is 3.47. The largest absolute Gasteiger partial charge is 0.339 e. The van der Waals surface area contributed by atoms with Gasteiger partial charge < -0.3 is 9.84 Å². The van der Waals surface area contributed by atoms with Gasteiger partial charge in [0.25, 0.3) is 0 Å². The summed E-state index contributed by atoms with van der Waals surface area (Å²) in [5.41, 5.74) is 0.991. The maximum absolute atomic E-state index is 5.46. The average Bonchev–Trinajstić information content (AvgIpc) is 3.06. The molecule has 0 aliphatic carbocycles. The highest BCUT2D eigenvalue weighted by atomic mass is 79.9. The minimum absolute atomic E-state index is 0. The first-order chi connectivity index (χ1) is 10.3. The summed E-state index contributed by atoms with van der Waals surface area (Å²) in [6, 6.07) is 9.42. The molecule has 1 aromatic heterocycles. The molecule has 2 aliphatic rings. The molecule has 1 aromatic carbocycles. The van der Waals surface area contributed by atoms with Gasteiger partial charge in [0.15, 0.2) is 0 Å². The lowest BCUT2D eigenvalue weighted by atomic mass is 9.90. The number of benzene rings is 1. The van der Waals surface area contributed by atoms with E-state index in [1.807, 2.05) is 24.3 Å². The fourth-order valence-corrected chi connectivity index (χ4v) is 4.07. The Hall–Kier alpha value is -0.910. The molecule has 2 fully saturated rings. The van der Waals surface area contributed by atoms with Crippen molar-refractivity contribution in [2.45, 2.75) is 44.2 Å². The van der Waals surface area contributed by atoms with Gasteiger partial charge >= 0.3 is 0 Å². The smallest absolute Gasteiger partial charge is 0.227 e. The number of nitrogens with zero attached hydrogens (tertiary/aromatic N) is 2. The molecule has 0 spiro atoms. The van der Waals surface area contributed by atoms with E-state index in [1.54, 1.807) is 0 Å². The fourth-order valence-electron chi connectivity index (χ4n) is 3.67. The maximum Gasteiger partial charge on any atom is 0.227 e. The topological polar surface area (TPSA) is 51.0 Å². The molecule has 2 unspecified atom stereocenters. The van der Waals surface area contributed by atoms with E-state index in [9.17, 15) is 0 Å². The Morgan fingerprint density at radius 1 is 1.23 bits per heavy atom. The summed E-state index contributed by atoms with van der Waals surface area (Å²) in [7, 11) is 0. The zero-order valence-electron chi connectivity index (χ0n) is 12.2. The molecule has 2 atom stereocenters. The Morgan fingerprint density at radius 3 is 2.73 bits per heavy atom. The van der Waals surface area contributed by atoms with Gasteiger partial charge in [0.05, 0.1) is 0 Å². The van der Waals surface area contributed by atoms with Gasteiger partial charge in [0, 0.05) is 28.5 Å². The molecule has 0 radical (unpaired) electrons. The monoisotopic (exact) mass is 383 g/mol. The first-order valence-corrected chi connectivity index (χ1v) is 8.40. The summed E-state index contributed by atoms with van der Waals surface area (Å²) in [6.07, 6.45) is 6.05. The number of rotatable bonds is 3. The van der Waals surface area contributed by atoms with E-state index in [0.29, 0.717) is 23.8 Å². The van der Waals surface area contributed by atoms with E-state index in [1.165, 1.54) is 25.7 Å². The van der Waals surface area contributed by atoms with Crippen molar-refractivity contribution in [3.63, 3.8) is 0 Å². The van der Waals surface area contributed by atoms with Gasteiger partial charge in [-0.25, -0.2) is 0 Å². The zero-order valence-corrected chi connectivity index (χ0v) is 14.6. The first kappa shape index (κ1) is 16.0. The van der Waals surface area contributed by atoms with Crippen molar-refractivity contribution >= 4 is 28.3 Å². The standard InChI is InChI=1S/C16H18BrN3O.ClH/c17-12-3-1-2-11(9-12)16-19-15(21-20-16)8-10-6-13-4-5-14(7-10)18-13;/h1-3,9-10,13-14,18H,4-8H2;1H. The lowest BCUT2D eigenvalue weighted by Gasteiger charge is -2.27. The first-order valence-electron chi connectivity index (χ1n) is 7.61. The van der Waals surface area contributed by atoms with Gasteiger partial charge in [0.1, 0.15) is 0 Å². The van der Waals surface area contributed by atoms with Crippen molar-refractivity contribution in [1.29, 1.82) is 0 Å². The summed E-state index contributed by atoms with van der Waals surface area (Å²) in [4.78, 5) is 4.57. The van der Waals surface area contributed by atoms with Crippen LogP contribution < -0.4 is 5.32 Å². The molecule has 2 saturated heterocycles. The molecule has 0 amide bonds. The predicted octanol–water partition coefficient (Wildman–Crippen LogP) is 3.99. The zero-order chi connectivity index (χ0) is 14.2. The predicted molar refractivity (Wildman–Crippen MR) is 91.1 cm³/mol. The third-order valence-electron chi connectivity index (χ3n) is 4.58. The molecule has 2 bridgehead atoms. The minimum Gasteiger partial charge on any atom is -0.339 e. The number of piperidine rings is 1. The molecule has 2 aromatic rings. The third kappa shape index (κ3) is 3.36. The second-order valence-electron chi connectivity index (χ2n) is 6.20. The van der Waals surface area contributed by atoms with E-state index >= 15 is 0 Å². The molecule has 3 heterocycles. The number of fused-ring (bicyclic) bond motifs is 2. The van der Waals surface area contributed by atoms with Crippen molar-refractivity contribution in [3.05, 3.63) is 34.6 Å². The summed E-state index contributed by atoms with van der Waals surface area (Å²) in [5.74, 6) is 2.14. The lowest BCUT2D eigenvalue weighted by molar-refractivity contribution is 0.270. The minimum atomic E-state index is 0. The van der Waals surface area contributed by atoms with Crippen LogP contribution in [0.25, 0.3) is 11.4 Å². The Morgan fingerprint density at radius 2 is 2.00 bits per heavy atom. The lowest BCUT2D eigenvalue weighted by Crippen LogP contribution is -2.38. The van der Waals surface area contributed by atoms with E-state index in [4.69, 9.17) is 4.52 Å². The molecule has 22 heavy (non-hydrogen) atoms. The molecule has 0 saturated carbocycles. The third-order valence-corrected chi connectivity index (χ3v) is 5.08. The molecule has 2 aliphatic heterocycles. The highest BCUT2D eigenvalue weighted by Gasteiger charge is 2.34. The summed E-state index contributed by atoms with van der Waals surface area (Å²) in [5, 5.41) is 7.80. The van der Waals surface area contributed by atoms with Crippen LogP contribution >= 0.6 is 28.3 Å². The molecule has 1 N–H and O–H groups in total. The summed E-state index contributed by atoms with van der Waals surface area (Å²) < 4.78 is 6.48. The van der Waals surface area contributed by atoms with Crippen molar-refractivity contribution in [1.82, 2.24) is 15.5 Å². The van der Waals surface area contributed by atoms with Crippen molar-refractivity contribution in [3.8, 4) is 11.4 Å². The van der Waals surface area contributed by atoms with Crippen molar-refractivity contribution in [2.24, 2.45) is 5.92 Å². The Bertz CT molecular complexity index is 636. The van der Waals surface area contributed by atoms with Crippen LogP contribution in [0.1, 0.15) is 31.6 Å². The number of aromatic nitrogens is 2. The van der Waals surface area contributed by atoms with Crippen LogP contribution in [0.3, 0.4) is 0 Å². The van der Waals surface area contributed by atoms with Crippen LogP contribution in [0.15, 0.2) is 33.3 Å². The normalized spacial score (nSPS) is 26.7. The number of hydrogen-bond acceptors (Lipinski definition) is 4. The SMILES string of the molecule is Brc1cccc(-c2noc(CC3CC4CCC(C3)N4)n2)c1.Cl. The number of halogens is 2. The Balaban J connectivity index is 0.00000144. The van der Waals surface area contributed by atoms with Gasteiger partial charge in [-0.1, -0.05) is 33.2 Å². The van der Waals surface area contributed by atoms with Gasteiger partial charge in [-0.15, -0.1) is 12.4 Å². The van der Waals surface area contributed by atoms with Crippen LogP contribution in [0.4, 0.5) is 0 Å². The highest BCUT2D eigenvalue weighted by molar-refractivity contribution is 9.10. The molecular formula is C16H19BrClN3O. The van der Waals surface area contributed by atoms with Crippen LogP contribution in [-0.4, -0.2) is 22.2 Å².